The third-order valence-corrected chi connectivity index (χ3v) is 4.80. The second-order valence-electron chi connectivity index (χ2n) is 6.74. The highest BCUT2D eigenvalue weighted by Crippen LogP contribution is 2.38. The van der Waals surface area contributed by atoms with Crippen LogP contribution >= 0.6 is 0 Å². The van der Waals surface area contributed by atoms with Gasteiger partial charge in [-0.25, -0.2) is 0 Å². The number of benzene rings is 1. The normalized spacial score (nSPS) is 17.6. The largest absolute Gasteiger partial charge is 0.507 e. The Kier molecular flexibility index (Phi) is 4.76. The maximum absolute atomic E-state index is 12.9. The lowest BCUT2D eigenvalue weighted by atomic mass is 10.0. The van der Waals surface area contributed by atoms with Gasteiger partial charge in [0, 0.05) is 41.3 Å². The Morgan fingerprint density at radius 3 is 2.71 bits per heavy atom. The van der Waals surface area contributed by atoms with Crippen LogP contribution in [0.15, 0.2) is 36.7 Å². The summed E-state index contributed by atoms with van der Waals surface area (Å²) in [5.74, 6) is 0.0615. The average Bonchev–Trinajstić information content (AvgIpc) is 2.69. The molecule has 28 heavy (non-hydrogen) atoms. The Morgan fingerprint density at radius 1 is 1.14 bits per heavy atom. The summed E-state index contributed by atoms with van der Waals surface area (Å²) in [4.78, 5) is 4.14. The Bertz CT molecular complexity index is 1000. The van der Waals surface area contributed by atoms with Gasteiger partial charge in [0.2, 0.25) is 0 Å². The molecular weight excluding hydrogens is 371 g/mol. The van der Waals surface area contributed by atoms with Crippen molar-refractivity contribution in [1.29, 1.82) is 0 Å². The van der Waals surface area contributed by atoms with Gasteiger partial charge in [0.1, 0.15) is 11.4 Å². The molecule has 0 unspecified atom stereocenters. The zero-order chi connectivity index (χ0) is 19.7. The first-order chi connectivity index (χ1) is 13.4. The molecule has 146 valence electrons. The Hall–Kier alpha value is -2.94. The molecule has 2 aromatic heterocycles. The van der Waals surface area contributed by atoms with E-state index in [2.05, 4.69) is 25.8 Å². The van der Waals surface area contributed by atoms with Gasteiger partial charge in [0.25, 0.3) is 0 Å². The van der Waals surface area contributed by atoms with Crippen molar-refractivity contribution in [2.24, 2.45) is 0 Å². The summed E-state index contributed by atoms with van der Waals surface area (Å²) in [6.45, 7) is 1.79. The van der Waals surface area contributed by atoms with Crippen LogP contribution in [0.3, 0.4) is 0 Å². The fourth-order valence-corrected chi connectivity index (χ4v) is 3.38. The molecule has 0 radical (unpaired) electrons. The van der Waals surface area contributed by atoms with Gasteiger partial charge in [-0.2, -0.15) is 13.2 Å². The zero-order valence-electron chi connectivity index (χ0n) is 14.8. The van der Waals surface area contributed by atoms with Crippen LogP contribution in [-0.4, -0.2) is 39.4 Å². The quantitative estimate of drug-likeness (QED) is 0.635. The van der Waals surface area contributed by atoms with E-state index >= 15 is 0 Å². The van der Waals surface area contributed by atoms with E-state index in [-0.39, 0.29) is 11.6 Å². The number of halogens is 3. The topological polar surface area (TPSA) is 83.0 Å². The van der Waals surface area contributed by atoms with Gasteiger partial charge in [-0.15, -0.1) is 10.2 Å². The summed E-state index contributed by atoms with van der Waals surface area (Å²) in [6, 6.07) is 4.74. The Morgan fingerprint density at radius 2 is 2.00 bits per heavy atom. The van der Waals surface area contributed by atoms with Crippen molar-refractivity contribution in [3.63, 3.8) is 0 Å². The van der Waals surface area contributed by atoms with Crippen LogP contribution in [0.4, 0.5) is 19.0 Å². The first kappa shape index (κ1) is 18.4. The van der Waals surface area contributed by atoms with Gasteiger partial charge >= 0.3 is 6.18 Å². The molecule has 1 aliphatic heterocycles. The average molecular weight is 389 g/mol. The van der Waals surface area contributed by atoms with Crippen LogP contribution < -0.4 is 10.6 Å². The van der Waals surface area contributed by atoms with Crippen molar-refractivity contribution in [3.8, 4) is 17.0 Å². The predicted molar refractivity (Wildman–Crippen MR) is 99.0 cm³/mol. The monoisotopic (exact) mass is 389 g/mol. The summed E-state index contributed by atoms with van der Waals surface area (Å²) < 4.78 is 38.6. The maximum atomic E-state index is 12.9. The number of pyridine rings is 1. The summed E-state index contributed by atoms with van der Waals surface area (Å²) in [5.41, 5.74) is -0.436. The smallest absolute Gasteiger partial charge is 0.416 e. The van der Waals surface area contributed by atoms with Crippen LogP contribution in [0.2, 0.25) is 0 Å². The molecule has 0 amide bonds. The number of nitrogens with one attached hydrogen (secondary N) is 2. The number of alkyl halides is 3. The molecule has 1 aliphatic rings. The van der Waals surface area contributed by atoms with Crippen molar-refractivity contribution in [2.45, 2.75) is 25.1 Å². The van der Waals surface area contributed by atoms with E-state index in [1.54, 1.807) is 18.5 Å². The van der Waals surface area contributed by atoms with Gasteiger partial charge in [-0.3, -0.25) is 4.98 Å². The zero-order valence-corrected chi connectivity index (χ0v) is 14.8. The number of phenolic OH excluding ortho intramolecular Hbond substituents is 1. The van der Waals surface area contributed by atoms with Gasteiger partial charge < -0.3 is 15.7 Å². The number of fused-ring (bicyclic) bond motifs is 1. The highest BCUT2D eigenvalue weighted by molar-refractivity contribution is 6.00. The lowest BCUT2D eigenvalue weighted by Crippen LogP contribution is -2.38. The van der Waals surface area contributed by atoms with Crippen molar-refractivity contribution in [3.05, 3.63) is 42.2 Å². The molecule has 0 bridgehead atoms. The highest BCUT2D eigenvalue weighted by atomic mass is 19.4. The van der Waals surface area contributed by atoms with E-state index in [1.807, 2.05) is 0 Å². The number of phenols is 1. The summed E-state index contributed by atoms with van der Waals surface area (Å²) >= 11 is 0. The number of aromatic hydroxyl groups is 1. The second kappa shape index (κ2) is 7.23. The van der Waals surface area contributed by atoms with Gasteiger partial charge in [0.15, 0.2) is 5.82 Å². The van der Waals surface area contributed by atoms with Crippen LogP contribution in [0.1, 0.15) is 18.4 Å². The molecule has 1 atom stereocenters. The molecule has 3 N–H and O–H groups in total. The molecule has 3 aromatic rings. The lowest BCUT2D eigenvalue weighted by Gasteiger charge is -2.24. The van der Waals surface area contributed by atoms with Crippen molar-refractivity contribution in [1.82, 2.24) is 20.5 Å². The number of hydrogen-bond acceptors (Lipinski definition) is 6. The highest BCUT2D eigenvalue weighted by Gasteiger charge is 2.31. The van der Waals surface area contributed by atoms with Gasteiger partial charge in [-0.05, 0) is 43.7 Å². The molecule has 1 saturated heterocycles. The predicted octanol–water partition coefficient (Wildman–Crippen LogP) is 3.58. The third kappa shape index (κ3) is 3.57. The molecule has 0 spiro atoms. The molecule has 0 saturated carbocycles. The summed E-state index contributed by atoms with van der Waals surface area (Å²) in [7, 11) is 0. The Balaban J connectivity index is 1.76. The first-order valence-electron chi connectivity index (χ1n) is 8.92. The van der Waals surface area contributed by atoms with Gasteiger partial charge in [0.05, 0.1) is 5.56 Å². The fourth-order valence-electron chi connectivity index (χ4n) is 3.38. The number of anilines is 1. The standard InChI is InChI=1S/C19H18F3N5O/c20-19(21,22)11-3-4-14(16(28)8-11)17-13-5-7-24-10-15(13)18(27-26-17)25-12-2-1-6-23-9-12/h3-5,7-8,10,12,23,28H,1-2,6,9H2,(H,25,27)/t12-/m1/s1. The van der Waals surface area contributed by atoms with Crippen LogP contribution in [0.25, 0.3) is 22.0 Å². The molecule has 4 rings (SSSR count). The van der Waals surface area contributed by atoms with Crippen LogP contribution in [-0.2, 0) is 6.18 Å². The number of nitrogens with zero attached hydrogens (tertiary/aromatic N) is 3. The minimum atomic E-state index is -4.53. The molecule has 9 heteroatoms. The molecule has 1 aromatic carbocycles. The van der Waals surface area contributed by atoms with E-state index in [0.717, 1.165) is 32.0 Å². The van der Waals surface area contributed by atoms with Crippen LogP contribution in [0, 0.1) is 0 Å². The third-order valence-electron chi connectivity index (χ3n) is 4.80. The maximum Gasteiger partial charge on any atom is 0.416 e. The molecule has 6 nitrogen and oxygen atoms in total. The molecule has 1 fully saturated rings. The lowest BCUT2D eigenvalue weighted by molar-refractivity contribution is -0.137. The fraction of sp³-hybridized carbons (Fsp3) is 0.316. The Labute approximate surface area is 158 Å². The number of hydrogen-bond donors (Lipinski definition) is 3. The minimum absolute atomic E-state index is 0.183. The van der Waals surface area contributed by atoms with E-state index in [0.29, 0.717) is 28.4 Å². The van der Waals surface area contributed by atoms with Crippen molar-refractivity contribution in [2.75, 3.05) is 18.4 Å². The van der Waals surface area contributed by atoms with E-state index in [1.165, 1.54) is 6.07 Å². The van der Waals surface area contributed by atoms with Crippen LogP contribution in [0.5, 0.6) is 5.75 Å². The minimum Gasteiger partial charge on any atom is -0.507 e. The number of aromatic nitrogens is 3. The van der Waals surface area contributed by atoms with E-state index in [9.17, 15) is 18.3 Å². The number of rotatable bonds is 3. The number of piperidine rings is 1. The van der Waals surface area contributed by atoms with E-state index in [4.69, 9.17) is 0 Å². The molecule has 0 aliphatic carbocycles. The van der Waals surface area contributed by atoms with Crippen molar-refractivity contribution < 1.29 is 18.3 Å². The summed E-state index contributed by atoms with van der Waals surface area (Å²) in [5, 5.41) is 26.6. The summed E-state index contributed by atoms with van der Waals surface area (Å²) in [6.07, 6.45) is 0.722. The molecule has 3 heterocycles. The first-order valence-corrected chi connectivity index (χ1v) is 8.92. The van der Waals surface area contributed by atoms with Gasteiger partial charge in [-0.1, -0.05) is 0 Å². The molecular formula is C19H18F3N5O. The van der Waals surface area contributed by atoms with Crippen molar-refractivity contribution >= 4 is 16.6 Å². The SMILES string of the molecule is Oc1cc(C(F)(F)F)ccc1-c1nnc(N[C@@H]2CCCNC2)c2cnccc12. The van der Waals surface area contributed by atoms with E-state index < -0.39 is 17.5 Å². The second-order valence-corrected chi connectivity index (χ2v) is 6.74.